The normalized spacial score (nSPS) is 14.1. The number of para-hydroxylation sites is 2. The van der Waals surface area contributed by atoms with E-state index in [0.29, 0.717) is 19.1 Å². The van der Waals surface area contributed by atoms with Gasteiger partial charge >= 0.3 is 5.97 Å². The third-order valence-corrected chi connectivity index (χ3v) is 5.62. The second-order valence-electron chi connectivity index (χ2n) is 7.69. The van der Waals surface area contributed by atoms with Crippen molar-refractivity contribution in [1.29, 1.82) is 0 Å². The average molecular weight is 440 g/mol. The van der Waals surface area contributed by atoms with E-state index in [1.54, 1.807) is 4.57 Å². The lowest BCUT2D eigenvalue weighted by atomic mass is 9.93. The molecule has 3 rings (SSSR count). The van der Waals surface area contributed by atoms with Crippen LogP contribution in [0.1, 0.15) is 32.2 Å². The van der Waals surface area contributed by atoms with Gasteiger partial charge in [0, 0.05) is 21.8 Å². The minimum atomic E-state index is -1.49. The molecular formula is C24H25FN2O5. The predicted molar refractivity (Wildman–Crippen MR) is 118 cm³/mol. The van der Waals surface area contributed by atoms with Gasteiger partial charge in [0.25, 0.3) is 0 Å². The third-order valence-electron chi connectivity index (χ3n) is 5.62. The van der Waals surface area contributed by atoms with Crippen LogP contribution in [0.2, 0.25) is 0 Å². The number of carboxylic acids is 1. The Balaban J connectivity index is 2.06. The van der Waals surface area contributed by atoms with Crippen LogP contribution >= 0.6 is 0 Å². The zero-order valence-corrected chi connectivity index (χ0v) is 17.7. The summed E-state index contributed by atoms with van der Waals surface area (Å²) in [7, 11) is 0. The fraction of sp³-hybridized carbons (Fsp3) is 0.333. The molecule has 0 fully saturated rings. The van der Waals surface area contributed by atoms with Gasteiger partial charge in [0.2, 0.25) is 5.91 Å². The molecule has 0 spiro atoms. The number of rotatable bonds is 11. The number of aromatic nitrogens is 1. The topological polar surface area (TPSA) is 105 Å². The number of carboxylic acid groups (broad SMARTS) is 1. The van der Waals surface area contributed by atoms with Crippen molar-refractivity contribution in [3.05, 3.63) is 48.5 Å². The molecule has 0 radical (unpaired) electrons. The lowest BCUT2D eigenvalue weighted by molar-refractivity contribution is -0.141. The summed E-state index contributed by atoms with van der Waals surface area (Å²) < 4.78 is 14.7. The third kappa shape index (κ3) is 4.54. The molecule has 1 heterocycles. The number of amides is 1. The van der Waals surface area contributed by atoms with Gasteiger partial charge in [-0.15, -0.1) is 0 Å². The van der Waals surface area contributed by atoms with Crippen LogP contribution in [0.15, 0.2) is 48.5 Å². The second kappa shape index (κ2) is 10.2. The highest BCUT2D eigenvalue weighted by Gasteiger charge is 2.34. The second-order valence-corrected chi connectivity index (χ2v) is 7.69. The number of ketones is 1. The van der Waals surface area contributed by atoms with Crippen molar-refractivity contribution in [2.75, 3.05) is 6.67 Å². The fourth-order valence-corrected chi connectivity index (χ4v) is 4.17. The summed E-state index contributed by atoms with van der Waals surface area (Å²) in [4.78, 5) is 48.4. The van der Waals surface area contributed by atoms with Gasteiger partial charge in [-0.2, -0.15) is 0 Å². The smallest absolute Gasteiger partial charge is 0.305 e. The van der Waals surface area contributed by atoms with Crippen molar-refractivity contribution in [3.8, 4) is 0 Å². The molecule has 3 atom stereocenters. The standard InChI is InChI=1S/C24H25FN2O5/c1-2-7-17(24(32)26-18(12-23(30)31)22(29)13-25)21(14-28)27-19-10-5-3-8-15(19)16-9-4-6-11-20(16)27/h3-6,8-11,14,17-18,21H,2,7,12-13H2,1H3,(H,26,32)(H,30,31)/t17-,18?,21?/m0/s1. The molecule has 7 nitrogen and oxygen atoms in total. The molecule has 0 aliphatic heterocycles. The number of nitrogens with one attached hydrogen (secondary N) is 1. The molecule has 168 valence electrons. The van der Waals surface area contributed by atoms with Crippen LogP contribution < -0.4 is 5.32 Å². The van der Waals surface area contributed by atoms with E-state index in [2.05, 4.69) is 5.32 Å². The number of aldehydes is 1. The van der Waals surface area contributed by atoms with Crippen LogP contribution in [-0.2, 0) is 19.2 Å². The van der Waals surface area contributed by atoms with E-state index in [0.717, 1.165) is 21.8 Å². The van der Waals surface area contributed by atoms with E-state index in [4.69, 9.17) is 5.11 Å². The van der Waals surface area contributed by atoms with Crippen molar-refractivity contribution in [1.82, 2.24) is 9.88 Å². The van der Waals surface area contributed by atoms with E-state index in [-0.39, 0.29) is 0 Å². The van der Waals surface area contributed by atoms with Gasteiger partial charge in [-0.05, 0) is 18.6 Å². The number of hydrogen-bond donors (Lipinski definition) is 2. The van der Waals surface area contributed by atoms with Crippen molar-refractivity contribution in [2.45, 2.75) is 38.3 Å². The Morgan fingerprint density at radius 1 is 1.06 bits per heavy atom. The molecule has 8 heteroatoms. The number of halogens is 1. The van der Waals surface area contributed by atoms with E-state index in [1.165, 1.54) is 0 Å². The van der Waals surface area contributed by atoms with Crippen LogP contribution in [0.4, 0.5) is 4.39 Å². The summed E-state index contributed by atoms with van der Waals surface area (Å²) in [5.74, 6) is -3.88. The Bertz CT molecular complexity index is 1100. The highest BCUT2D eigenvalue weighted by molar-refractivity contribution is 6.08. The fourth-order valence-electron chi connectivity index (χ4n) is 4.17. The van der Waals surface area contributed by atoms with Gasteiger partial charge in [-0.25, -0.2) is 4.39 Å². The maximum absolute atomic E-state index is 13.2. The molecule has 3 aromatic rings. The first kappa shape index (κ1) is 23.1. The summed E-state index contributed by atoms with van der Waals surface area (Å²) in [5.41, 5.74) is 1.56. The first-order chi connectivity index (χ1) is 15.4. The predicted octanol–water partition coefficient (Wildman–Crippen LogP) is 3.45. The number of nitrogens with zero attached hydrogens (tertiary/aromatic N) is 1. The largest absolute Gasteiger partial charge is 0.481 e. The van der Waals surface area contributed by atoms with Crippen molar-refractivity contribution in [2.24, 2.45) is 5.92 Å². The Morgan fingerprint density at radius 2 is 1.62 bits per heavy atom. The number of aliphatic carboxylic acids is 1. The van der Waals surface area contributed by atoms with E-state index < -0.39 is 48.8 Å². The molecule has 2 unspecified atom stereocenters. The molecule has 2 aromatic carbocycles. The lowest BCUT2D eigenvalue weighted by Gasteiger charge is -2.26. The Kier molecular flexibility index (Phi) is 7.35. The van der Waals surface area contributed by atoms with Gasteiger partial charge in [-0.3, -0.25) is 14.4 Å². The van der Waals surface area contributed by atoms with Gasteiger partial charge in [0.05, 0.1) is 12.3 Å². The molecular weight excluding hydrogens is 415 g/mol. The van der Waals surface area contributed by atoms with Crippen molar-refractivity contribution < 1.29 is 28.7 Å². The van der Waals surface area contributed by atoms with E-state index in [9.17, 15) is 23.6 Å². The summed E-state index contributed by atoms with van der Waals surface area (Å²) in [6.45, 7) is 0.468. The zero-order valence-electron chi connectivity index (χ0n) is 17.7. The molecule has 2 N–H and O–H groups in total. The Morgan fingerprint density at radius 3 is 2.09 bits per heavy atom. The van der Waals surface area contributed by atoms with Gasteiger partial charge in [0.1, 0.15) is 25.0 Å². The number of fused-ring (bicyclic) bond motifs is 3. The zero-order chi connectivity index (χ0) is 23.3. The monoisotopic (exact) mass is 440 g/mol. The van der Waals surface area contributed by atoms with E-state index in [1.807, 2.05) is 55.5 Å². The number of carbonyl (C=O) groups excluding carboxylic acids is 3. The van der Waals surface area contributed by atoms with Crippen LogP contribution in [-0.4, -0.2) is 46.3 Å². The van der Waals surface area contributed by atoms with Crippen LogP contribution in [0.3, 0.4) is 0 Å². The summed E-state index contributed by atoms with van der Waals surface area (Å²) >= 11 is 0. The number of alkyl halides is 1. The minimum absolute atomic E-state index is 0.319. The van der Waals surface area contributed by atoms with Crippen LogP contribution in [0, 0.1) is 5.92 Å². The summed E-state index contributed by atoms with van der Waals surface area (Å²) in [6, 6.07) is 12.7. The van der Waals surface area contributed by atoms with Crippen LogP contribution in [0.25, 0.3) is 21.8 Å². The molecule has 0 aliphatic carbocycles. The molecule has 0 aliphatic rings. The molecule has 1 aromatic heterocycles. The van der Waals surface area contributed by atoms with E-state index >= 15 is 0 Å². The first-order valence-corrected chi connectivity index (χ1v) is 10.5. The Hall–Kier alpha value is -3.55. The Labute approximate surface area is 184 Å². The maximum atomic E-state index is 13.2. The molecule has 0 saturated heterocycles. The molecule has 32 heavy (non-hydrogen) atoms. The van der Waals surface area contributed by atoms with Crippen LogP contribution in [0.5, 0.6) is 0 Å². The number of Topliss-reactive ketones (excluding diaryl/α,β-unsaturated/α-hetero) is 1. The summed E-state index contributed by atoms with van der Waals surface area (Å²) in [5, 5.41) is 13.3. The van der Waals surface area contributed by atoms with Crippen molar-refractivity contribution in [3.63, 3.8) is 0 Å². The average Bonchev–Trinajstić information content (AvgIpc) is 3.12. The number of benzene rings is 2. The minimum Gasteiger partial charge on any atom is -0.481 e. The SMILES string of the molecule is CCC[C@H](C(=O)NC(CC(=O)O)C(=O)CF)C(C=O)n1c2ccccc2c2ccccc21. The van der Waals surface area contributed by atoms with Gasteiger partial charge in [0.15, 0.2) is 5.78 Å². The first-order valence-electron chi connectivity index (χ1n) is 10.5. The molecule has 0 bridgehead atoms. The number of carbonyl (C=O) groups is 4. The highest BCUT2D eigenvalue weighted by atomic mass is 19.1. The number of hydrogen-bond acceptors (Lipinski definition) is 4. The maximum Gasteiger partial charge on any atom is 0.305 e. The van der Waals surface area contributed by atoms with Gasteiger partial charge in [-0.1, -0.05) is 49.7 Å². The highest BCUT2D eigenvalue weighted by Crippen LogP contribution is 2.34. The van der Waals surface area contributed by atoms with Gasteiger partial charge < -0.3 is 19.8 Å². The summed E-state index contributed by atoms with van der Waals surface area (Å²) in [6.07, 6.45) is 0.857. The van der Waals surface area contributed by atoms with Crippen molar-refractivity contribution >= 4 is 45.8 Å². The molecule has 0 saturated carbocycles. The quantitative estimate of drug-likeness (QED) is 0.444. The molecule has 1 amide bonds. The lowest BCUT2D eigenvalue weighted by Crippen LogP contribution is -2.47.